The number of anilines is 1. The summed E-state index contributed by atoms with van der Waals surface area (Å²) in [5.74, 6) is -1.83. The normalized spacial score (nSPS) is 14.6. The number of hydrogen-bond donors (Lipinski definition) is 2. The molecule has 0 radical (unpaired) electrons. The molecule has 1 saturated heterocycles. The third-order valence-electron chi connectivity index (χ3n) is 6.14. The Balaban J connectivity index is 1.36. The Kier molecular flexibility index (Phi) is 6.64. The summed E-state index contributed by atoms with van der Waals surface area (Å²) in [6.07, 6.45) is 3.45. The van der Waals surface area contributed by atoms with E-state index in [-0.39, 0.29) is 23.8 Å². The van der Waals surface area contributed by atoms with E-state index in [1.165, 1.54) is 6.07 Å². The summed E-state index contributed by atoms with van der Waals surface area (Å²) in [5.41, 5.74) is 4.13. The van der Waals surface area contributed by atoms with Gasteiger partial charge >= 0.3 is 5.97 Å². The van der Waals surface area contributed by atoms with E-state index in [4.69, 9.17) is 9.52 Å². The van der Waals surface area contributed by atoms with Gasteiger partial charge < -0.3 is 19.4 Å². The van der Waals surface area contributed by atoms with Crippen LogP contribution in [0.15, 0.2) is 70.1 Å². The number of fused-ring (bicyclic) bond motifs is 1. The molecule has 0 unspecified atom stereocenters. The molecule has 192 valence electrons. The molecule has 3 amide bonds. The van der Waals surface area contributed by atoms with Gasteiger partial charge in [-0.15, -0.1) is 0 Å². The molecule has 1 aliphatic rings. The van der Waals surface area contributed by atoms with Crippen molar-refractivity contribution >= 4 is 57.5 Å². The third kappa shape index (κ3) is 4.98. The SMILES string of the molecule is Cc1ccc(NC(=O)CN2C(=O)S/C(=C\c3cn(Cc4ccc(C(=O)O)o4)c4ccccc34)C2=O)c(C)c1. The number of furan rings is 1. The molecular formula is C28H23N3O6S. The number of para-hydroxylation sites is 1. The molecule has 9 nitrogen and oxygen atoms in total. The molecule has 38 heavy (non-hydrogen) atoms. The molecule has 0 aliphatic carbocycles. The van der Waals surface area contributed by atoms with E-state index in [0.29, 0.717) is 17.0 Å². The lowest BCUT2D eigenvalue weighted by atomic mass is 10.1. The van der Waals surface area contributed by atoms with Crippen molar-refractivity contribution in [1.29, 1.82) is 0 Å². The second-order valence-electron chi connectivity index (χ2n) is 8.94. The molecule has 2 N–H and O–H groups in total. The van der Waals surface area contributed by atoms with Crippen molar-refractivity contribution in [1.82, 2.24) is 9.47 Å². The maximum absolute atomic E-state index is 13.1. The van der Waals surface area contributed by atoms with Gasteiger partial charge in [-0.25, -0.2) is 4.79 Å². The van der Waals surface area contributed by atoms with Gasteiger partial charge in [-0.05, 0) is 61.5 Å². The molecule has 2 aromatic carbocycles. The molecule has 1 fully saturated rings. The second kappa shape index (κ2) is 10.1. The van der Waals surface area contributed by atoms with E-state index in [2.05, 4.69) is 5.32 Å². The number of aromatic carboxylic acids is 1. The predicted octanol–water partition coefficient (Wildman–Crippen LogP) is 5.27. The molecule has 1 aliphatic heterocycles. The van der Waals surface area contributed by atoms with Crippen LogP contribution in [-0.4, -0.2) is 44.1 Å². The summed E-state index contributed by atoms with van der Waals surface area (Å²) in [7, 11) is 0. The fourth-order valence-corrected chi connectivity index (χ4v) is 5.16. The summed E-state index contributed by atoms with van der Waals surface area (Å²) >= 11 is 0.784. The molecule has 0 bridgehead atoms. The minimum atomic E-state index is -1.15. The molecule has 0 atom stereocenters. The highest BCUT2D eigenvalue weighted by Crippen LogP contribution is 2.34. The Morgan fingerprint density at radius 1 is 1.08 bits per heavy atom. The lowest BCUT2D eigenvalue weighted by molar-refractivity contribution is -0.127. The minimum absolute atomic E-state index is 0.146. The average Bonchev–Trinajstić information content (AvgIpc) is 3.55. The first-order chi connectivity index (χ1) is 18.2. The number of thioether (sulfide) groups is 1. The Labute approximate surface area is 221 Å². The number of aromatic nitrogens is 1. The number of hydrogen-bond acceptors (Lipinski definition) is 6. The second-order valence-corrected chi connectivity index (χ2v) is 9.93. The van der Waals surface area contributed by atoms with Gasteiger partial charge in [-0.2, -0.15) is 0 Å². The predicted molar refractivity (Wildman–Crippen MR) is 144 cm³/mol. The quantitative estimate of drug-likeness (QED) is 0.313. The molecule has 0 saturated carbocycles. The van der Waals surface area contributed by atoms with Crippen LogP contribution < -0.4 is 5.32 Å². The maximum Gasteiger partial charge on any atom is 0.371 e. The van der Waals surface area contributed by atoms with Gasteiger partial charge in [-0.3, -0.25) is 19.3 Å². The van der Waals surface area contributed by atoms with E-state index in [9.17, 15) is 19.2 Å². The zero-order valence-electron chi connectivity index (χ0n) is 20.6. The maximum atomic E-state index is 13.1. The fourth-order valence-electron chi connectivity index (χ4n) is 4.33. The van der Waals surface area contributed by atoms with Crippen LogP contribution in [-0.2, 0) is 16.1 Å². The van der Waals surface area contributed by atoms with Crippen molar-refractivity contribution < 1.29 is 28.7 Å². The summed E-state index contributed by atoms with van der Waals surface area (Å²) in [5, 5.41) is 12.2. The monoisotopic (exact) mass is 529 g/mol. The van der Waals surface area contributed by atoms with Crippen molar-refractivity contribution in [3.63, 3.8) is 0 Å². The van der Waals surface area contributed by atoms with Crippen LogP contribution in [0.25, 0.3) is 17.0 Å². The molecular weight excluding hydrogens is 506 g/mol. The Morgan fingerprint density at radius 2 is 1.87 bits per heavy atom. The van der Waals surface area contributed by atoms with Crippen LogP contribution in [0.2, 0.25) is 0 Å². The standard InChI is InChI=1S/C28H23N3O6S/c1-16-7-9-21(17(2)11-16)29-25(32)15-31-26(33)24(38-28(31)36)12-18-13-30(22-6-4-3-5-20(18)22)14-19-8-10-23(37-19)27(34)35/h3-13H,14-15H2,1-2H3,(H,29,32)(H,34,35)/b24-12-. The van der Waals surface area contributed by atoms with Gasteiger partial charge in [0, 0.05) is 28.4 Å². The zero-order valence-corrected chi connectivity index (χ0v) is 21.4. The molecule has 3 heterocycles. The number of carbonyl (C=O) groups excluding carboxylic acids is 3. The van der Waals surface area contributed by atoms with Crippen LogP contribution in [0.4, 0.5) is 10.5 Å². The number of carbonyl (C=O) groups is 4. The number of imide groups is 1. The fraction of sp³-hybridized carbons (Fsp3) is 0.143. The van der Waals surface area contributed by atoms with Gasteiger partial charge in [0.05, 0.1) is 11.4 Å². The number of nitrogens with one attached hydrogen (secondary N) is 1. The van der Waals surface area contributed by atoms with Crippen molar-refractivity contribution in [3.05, 3.63) is 93.9 Å². The van der Waals surface area contributed by atoms with Crippen molar-refractivity contribution in [2.24, 2.45) is 0 Å². The topological polar surface area (TPSA) is 122 Å². The first kappa shape index (κ1) is 25.1. The highest BCUT2D eigenvalue weighted by molar-refractivity contribution is 8.18. The number of carboxylic acid groups (broad SMARTS) is 1. The smallest absolute Gasteiger partial charge is 0.371 e. The van der Waals surface area contributed by atoms with Crippen molar-refractivity contribution in [2.45, 2.75) is 20.4 Å². The number of nitrogens with zero attached hydrogens (tertiary/aromatic N) is 2. The number of aryl methyl sites for hydroxylation is 2. The van der Waals surface area contributed by atoms with Crippen LogP contribution in [0.5, 0.6) is 0 Å². The highest BCUT2D eigenvalue weighted by Gasteiger charge is 2.36. The van der Waals surface area contributed by atoms with Gasteiger partial charge in [0.15, 0.2) is 0 Å². The molecule has 5 rings (SSSR count). The number of amides is 3. The zero-order chi connectivity index (χ0) is 27.0. The van der Waals surface area contributed by atoms with Crippen LogP contribution >= 0.6 is 11.8 Å². The summed E-state index contributed by atoms with van der Waals surface area (Å²) in [6.45, 7) is 3.72. The van der Waals surface area contributed by atoms with Crippen LogP contribution in [0, 0.1) is 13.8 Å². The Morgan fingerprint density at radius 3 is 2.61 bits per heavy atom. The van der Waals surface area contributed by atoms with Crippen LogP contribution in [0.3, 0.4) is 0 Å². The van der Waals surface area contributed by atoms with Gasteiger partial charge in [0.1, 0.15) is 12.3 Å². The van der Waals surface area contributed by atoms with Gasteiger partial charge in [0.2, 0.25) is 11.7 Å². The molecule has 2 aromatic heterocycles. The van der Waals surface area contributed by atoms with Crippen LogP contribution in [0.1, 0.15) is 33.0 Å². The molecule has 0 spiro atoms. The lowest BCUT2D eigenvalue weighted by Gasteiger charge is -2.13. The summed E-state index contributed by atoms with van der Waals surface area (Å²) in [6, 6.07) is 16.1. The Hall–Kier alpha value is -4.57. The third-order valence-corrected chi connectivity index (χ3v) is 7.04. The van der Waals surface area contributed by atoms with Crippen molar-refractivity contribution in [2.75, 3.05) is 11.9 Å². The highest BCUT2D eigenvalue weighted by atomic mass is 32.2. The number of benzene rings is 2. The van der Waals surface area contributed by atoms with E-state index < -0.39 is 23.0 Å². The first-order valence-electron chi connectivity index (χ1n) is 11.7. The Bertz CT molecular complexity index is 1650. The summed E-state index contributed by atoms with van der Waals surface area (Å²) < 4.78 is 7.28. The van der Waals surface area contributed by atoms with Gasteiger partial charge in [0.25, 0.3) is 11.1 Å². The number of rotatable bonds is 7. The largest absolute Gasteiger partial charge is 0.475 e. The van der Waals surface area contributed by atoms with Crippen molar-refractivity contribution in [3.8, 4) is 0 Å². The van der Waals surface area contributed by atoms with E-state index >= 15 is 0 Å². The van der Waals surface area contributed by atoms with Gasteiger partial charge in [-0.1, -0.05) is 35.9 Å². The van der Waals surface area contributed by atoms with E-state index in [1.54, 1.807) is 18.2 Å². The lowest BCUT2D eigenvalue weighted by Crippen LogP contribution is -2.36. The molecule has 4 aromatic rings. The molecule has 10 heteroatoms. The van der Waals surface area contributed by atoms with E-state index in [0.717, 1.165) is 38.7 Å². The summed E-state index contributed by atoms with van der Waals surface area (Å²) in [4.78, 5) is 50.6. The minimum Gasteiger partial charge on any atom is -0.475 e. The number of carboxylic acids is 1. The average molecular weight is 530 g/mol. The van der Waals surface area contributed by atoms with E-state index in [1.807, 2.05) is 61.0 Å². The first-order valence-corrected chi connectivity index (χ1v) is 12.5.